The number of hydrogen-bond donors (Lipinski definition) is 3. The third kappa shape index (κ3) is 4.20. The highest BCUT2D eigenvalue weighted by Gasteiger charge is 2.19. The normalized spacial score (nSPS) is 12.6. The van der Waals surface area contributed by atoms with Gasteiger partial charge in [0.2, 0.25) is 0 Å². The quantitative estimate of drug-likeness (QED) is 0.414. The van der Waals surface area contributed by atoms with Crippen LogP contribution in [0.5, 0.6) is 0 Å². The first-order chi connectivity index (χ1) is 11.4. The zero-order valence-electron chi connectivity index (χ0n) is 13.2. The fourth-order valence-corrected chi connectivity index (χ4v) is 3.17. The van der Waals surface area contributed by atoms with E-state index < -0.39 is 25.1 Å². The number of hydrogen-bond acceptors (Lipinski definition) is 7. The predicted octanol–water partition coefficient (Wildman–Crippen LogP) is 2.79. The van der Waals surface area contributed by atoms with Crippen LogP contribution in [0.25, 0.3) is 0 Å². The highest BCUT2D eigenvalue weighted by molar-refractivity contribution is 7.86. The smallest absolute Gasteiger partial charge is 0.296 e. The number of anilines is 1. The molecule has 0 amide bonds. The molecule has 0 heterocycles. The summed E-state index contributed by atoms with van der Waals surface area (Å²) in [6.07, 6.45) is 0. The highest BCUT2D eigenvalue weighted by atomic mass is 32.2. The Morgan fingerprint density at radius 2 is 1.44 bits per heavy atom. The van der Waals surface area contributed by atoms with Crippen molar-refractivity contribution in [2.45, 2.75) is 23.6 Å². The van der Waals surface area contributed by atoms with Crippen LogP contribution in [0.3, 0.4) is 0 Å². The number of nitrogens with two attached hydrogens (primary N) is 1. The maximum Gasteiger partial charge on any atom is 0.296 e. The summed E-state index contributed by atoms with van der Waals surface area (Å²) in [4.78, 5) is -0.758. The van der Waals surface area contributed by atoms with E-state index in [1.54, 1.807) is 13.8 Å². The van der Waals surface area contributed by atoms with E-state index in [4.69, 9.17) is 10.3 Å². The molecular formula is C14H15N3O6S2. The molecule has 134 valence electrons. The molecule has 0 bridgehead atoms. The summed E-state index contributed by atoms with van der Waals surface area (Å²) in [6, 6.07) is 6.03. The number of nitrogen functional groups attached to an aromatic ring is 1. The van der Waals surface area contributed by atoms with E-state index >= 15 is 0 Å². The van der Waals surface area contributed by atoms with Gasteiger partial charge in [0.1, 0.15) is 4.90 Å². The second-order valence-corrected chi connectivity index (χ2v) is 8.01. The first-order valence-electron chi connectivity index (χ1n) is 6.77. The summed E-state index contributed by atoms with van der Waals surface area (Å²) in [5.74, 6) is 0. The monoisotopic (exact) mass is 385 g/mol. The van der Waals surface area contributed by atoms with Crippen LogP contribution in [0.1, 0.15) is 11.1 Å². The van der Waals surface area contributed by atoms with Gasteiger partial charge in [-0.2, -0.15) is 27.1 Å². The molecule has 2 rings (SSSR count). The zero-order valence-corrected chi connectivity index (χ0v) is 14.8. The molecule has 0 fully saturated rings. The first-order valence-corrected chi connectivity index (χ1v) is 9.65. The van der Waals surface area contributed by atoms with Crippen LogP contribution in [0.4, 0.5) is 17.1 Å². The molecule has 9 nitrogen and oxygen atoms in total. The first kappa shape index (κ1) is 19.0. The average Bonchev–Trinajstić information content (AvgIpc) is 2.50. The Balaban J connectivity index is 2.47. The molecule has 0 radical (unpaired) electrons. The lowest BCUT2D eigenvalue weighted by molar-refractivity contribution is 0.481. The Kier molecular flexibility index (Phi) is 4.95. The van der Waals surface area contributed by atoms with Gasteiger partial charge in [-0.3, -0.25) is 9.11 Å². The molecule has 11 heteroatoms. The van der Waals surface area contributed by atoms with Crippen LogP contribution in [0.2, 0.25) is 0 Å². The second-order valence-electron chi connectivity index (χ2n) is 5.20. The molecule has 0 spiro atoms. The lowest BCUT2D eigenvalue weighted by Crippen LogP contribution is -2.05. The van der Waals surface area contributed by atoms with Gasteiger partial charge >= 0.3 is 0 Å². The number of nitrogens with zero attached hydrogens (tertiary/aromatic N) is 2. The van der Waals surface area contributed by atoms with Gasteiger partial charge < -0.3 is 5.73 Å². The Morgan fingerprint density at radius 1 is 0.880 bits per heavy atom. The molecular weight excluding hydrogens is 370 g/mol. The topological polar surface area (TPSA) is 159 Å². The fourth-order valence-electron chi connectivity index (χ4n) is 2.00. The Hall–Kier alpha value is -2.34. The van der Waals surface area contributed by atoms with Crippen molar-refractivity contribution in [2.24, 2.45) is 10.2 Å². The van der Waals surface area contributed by atoms with Crippen molar-refractivity contribution in [3.63, 3.8) is 0 Å². The SMILES string of the molecule is Cc1c(N=Nc2ccc(S(=O)(=O)O)cc2)cc(S(=O)(=O)O)c(N)c1C. The molecule has 2 aromatic carbocycles. The minimum absolute atomic E-state index is 0.0727. The summed E-state index contributed by atoms with van der Waals surface area (Å²) in [5.41, 5.74) is 7.10. The van der Waals surface area contributed by atoms with Crippen LogP contribution >= 0.6 is 0 Å². The van der Waals surface area contributed by atoms with Gasteiger partial charge in [-0.05, 0) is 55.3 Å². The van der Waals surface area contributed by atoms with Crippen molar-refractivity contribution in [3.8, 4) is 0 Å². The van der Waals surface area contributed by atoms with E-state index in [0.29, 0.717) is 11.1 Å². The minimum atomic E-state index is -4.52. The van der Waals surface area contributed by atoms with E-state index in [-0.39, 0.29) is 22.0 Å². The van der Waals surface area contributed by atoms with Gasteiger partial charge in [0, 0.05) is 0 Å². The summed E-state index contributed by atoms with van der Waals surface area (Å²) >= 11 is 0. The van der Waals surface area contributed by atoms with E-state index in [1.165, 1.54) is 12.1 Å². The van der Waals surface area contributed by atoms with Crippen molar-refractivity contribution >= 4 is 37.3 Å². The minimum Gasteiger partial charge on any atom is -0.397 e. The second kappa shape index (κ2) is 6.52. The predicted molar refractivity (Wildman–Crippen MR) is 90.6 cm³/mol. The van der Waals surface area contributed by atoms with E-state index in [2.05, 4.69) is 10.2 Å². The van der Waals surface area contributed by atoms with Gasteiger partial charge in [-0.15, -0.1) is 0 Å². The molecule has 0 aliphatic carbocycles. The molecule has 0 saturated heterocycles. The van der Waals surface area contributed by atoms with Gasteiger partial charge in [0.25, 0.3) is 20.2 Å². The van der Waals surface area contributed by atoms with Crippen molar-refractivity contribution in [1.29, 1.82) is 0 Å². The standard InChI is InChI=1S/C14H15N3O6S2/c1-8-9(2)14(15)13(25(21,22)23)7-12(8)17-16-10-3-5-11(6-4-10)24(18,19)20/h3-7H,15H2,1-2H3,(H,18,19,20)(H,21,22,23). The van der Waals surface area contributed by atoms with Crippen LogP contribution < -0.4 is 5.73 Å². The molecule has 0 unspecified atom stereocenters. The Morgan fingerprint density at radius 3 is 1.92 bits per heavy atom. The Labute approximate surface area is 144 Å². The summed E-state index contributed by atoms with van der Waals surface area (Å²) in [6.45, 7) is 3.24. The number of azo groups is 1. The summed E-state index contributed by atoms with van der Waals surface area (Å²) in [5, 5.41) is 7.81. The molecule has 25 heavy (non-hydrogen) atoms. The largest absolute Gasteiger partial charge is 0.397 e. The maximum absolute atomic E-state index is 11.4. The van der Waals surface area contributed by atoms with E-state index in [0.717, 1.165) is 18.2 Å². The lowest BCUT2D eigenvalue weighted by Gasteiger charge is -2.11. The maximum atomic E-state index is 11.4. The average molecular weight is 385 g/mol. The van der Waals surface area contributed by atoms with Gasteiger partial charge in [0.05, 0.1) is 22.0 Å². The highest BCUT2D eigenvalue weighted by Crippen LogP contribution is 2.33. The van der Waals surface area contributed by atoms with Crippen molar-refractivity contribution < 1.29 is 25.9 Å². The molecule has 0 atom stereocenters. The zero-order chi connectivity index (χ0) is 19.0. The molecule has 2 aromatic rings. The van der Waals surface area contributed by atoms with Crippen LogP contribution in [0, 0.1) is 13.8 Å². The molecule has 4 N–H and O–H groups in total. The third-order valence-corrected chi connectivity index (χ3v) is 5.33. The van der Waals surface area contributed by atoms with Gasteiger partial charge in [0.15, 0.2) is 0 Å². The van der Waals surface area contributed by atoms with Crippen molar-refractivity contribution in [3.05, 3.63) is 41.5 Å². The molecule has 0 aliphatic rings. The molecule has 0 aliphatic heterocycles. The van der Waals surface area contributed by atoms with Gasteiger partial charge in [-0.25, -0.2) is 0 Å². The lowest BCUT2D eigenvalue weighted by atomic mass is 10.1. The van der Waals surface area contributed by atoms with Crippen LogP contribution in [-0.4, -0.2) is 25.9 Å². The Bertz CT molecular complexity index is 1060. The molecule has 0 aromatic heterocycles. The van der Waals surface area contributed by atoms with Crippen LogP contribution in [0.15, 0.2) is 50.4 Å². The fraction of sp³-hybridized carbons (Fsp3) is 0.143. The van der Waals surface area contributed by atoms with Crippen LogP contribution in [-0.2, 0) is 20.2 Å². The van der Waals surface area contributed by atoms with Crippen molar-refractivity contribution in [1.82, 2.24) is 0 Å². The van der Waals surface area contributed by atoms with E-state index in [1.807, 2.05) is 0 Å². The van der Waals surface area contributed by atoms with E-state index in [9.17, 15) is 21.4 Å². The third-order valence-electron chi connectivity index (χ3n) is 3.57. The summed E-state index contributed by atoms with van der Waals surface area (Å²) < 4.78 is 62.9. The van der Waals surface area contributed by atoms with Crippen molar-refractivity contribution in [2.75, 3.05) is 5.73 Å². The number of rotatable bonds is 4. The molecule has 0 saturated carbocycles. The number of benzene rings is 2. The van der Waals surface area contributed by atoms with Gasteiger partial charge in [-0.1, -0.05) is 0 Å². The summed E-state index contributed by atoms with van der Waals surface area (Å²) in [7, 11) is -8.83.